The van der Waals surface area contributed by atoms with Crippen LogP contribution in [0.25, 0.3) is 22.2 Å². The molecule has 0 spiro atoms. The van der Waals surface area contributed by atoms with Gasteiger partial charge in [-0.05, 0) is 25.5 Å². The van der Waals surface area contributed by atoms with E-state index >= 15 is 0 Å². The summed E-state index contributed by atoms with van der Waals surface area (Å²) in [5.41, 5.74) is 3.51. The highest BCUT2D eigenvalue weighted by molar-refractivity contribution is 5.95. The van der Waals surface area contributed by atoms with Crippen molar-refractivity contribution in [2.45, 2.75) is 19.4 Å². The molecule has 0 saturated carbocycles. The van der Waals surface area contributed by atoms with E-state index in [1.54, 1.807) is 18.5 Å². The lowest BCUT2D eigenvalue weighted by Crippen LogP contribution is -2.38. The van der Waals surface area contributed by atoms with Crippen LogP contribution in [0.1, 0.15) is 12.1 Å². The van der Waals surface area contributed by atoms with Gasteiger partial charge in [-0.15, -0.1) is 0 Å². The lowest BCUT2D eigenvalue weighted by Gasteiger charge is -2.11. The van der Waals surface area contributed by atoms with E-state index in [9.17, 15) is 4.79 Å². The minimum atomic E-state index is -0.285. The number of ether oxygens (including phenoxy) is 1. The molecule has 1 fully saturated rings. The van der Waals surface area contributed by atoms with Gasteiger partial charge in [-0.2, -0.15) is 5.10 Å². The van der Waals surface area contributed by atoms with Gasteiger partial charge in [0.25, 0.3) is 0 Å². The third kappa shape index (κ3) is 3.29. The van der Waals surface area contributed by atoms with Gasteiger partial charge < -0.3 is 10.1 Å². The predicted molar refractivity (Wildman–Crippen MR) is 93.2 cm³/mol. The predicted octanol–water partition coefficient (Wildman–Crippen LogP) is 2.24. The number of carbonyl (C=O) groups is 1. The molecule has 1 aliphatic rings. The topological polar surface area (TPSA) is 105 Å². The van der Waals surface area contributed by atoms with Crippen LogP contribution >= 0.6 is 0 Å². The molecular formula is C17H18N6O2. The van der Waals surface area contributed by atoms with Crippen LogP contribution in [-0.4, -0.2) is 45.5 Å². The molecule has 3 aromatic heterocycles. The highest BCUT2D eigenvalue weighted by atomic mass is 16.5. The van der Waals surface area contributed by atoms with Gasteiger partial charge in [0.15, 0.2) is 0 Å². The molecule has 3 aromatic rings. The monoisotopic (exact) mass is 338 g/mol. The Kier molecular flexibility index (Phi) is 4.02. The molecule has 0 radical (unpaired) electrons. The number of rotatable bonds is 3. The number of aryl methyl sites for hydroxylation is 1. The molecule has 1 aliphatic heterocycles. The zero-order valence-corrected chi connectivity index (χ0v) is 13.7. The molecule has 0 aliphatic carbocycles. The number of anilines is 1. The van der Waals surface area contributed by atoms with Crippen molar-refractivity contribution in [3.05, 3.63) is 36.3 Å². The number of carbonyl (C=O) groups excluding carboxylic acids is 1. The average Bonchev–Trinajstić information content (AvgIpc) is 3.24. The second-order valence-corrected chi connectivity index (χ2v) is 6.03. The van der Waals surface area contributed by atoms with Crippen LogP contribution in [-0.2, 0) is 4.74 Å². The van der Waals surface area contributed by atoms with Gasteiger partial charge in [0.1, 0.15) is 11.5 Å². The lowest BCUT2D eigenvalue weighted by molar-refractivity contribution is 0.189. The van der Waals surface area contributed by atoms with Gasteiger partial charge >= 0.3 is 6.03 Å². The smallest absolute Gasteiger partial charge is 0.320 e. The van der Waals surface area contributed by atoms with E-state index in [0.29, 0.717) is 19.0 Å². The SMILES string of the molecule is Cc1cc(-c2n[nH]c3cc(NC(=O)N[C@@H]4CCOC4)ncc23)ccn1. The van der Waals surface area contributed by atoms with E-state index in [2.05, 4.69) is 30.8 Å². The van der Waals surface area contributed by atoms with Gasteiger partial charge in [0, 0.05) is 41.7 Å². The second kappa shape index (κ2) is 6.48. The summed E-state index contributed by atoms with van der Waals surface area (Å²) in [4.78, 5) is 20.5. The molecule has 0 bridgehead atoms. The quantitative estimate of drug-likeness (QED) is 0.679. The molecular weight excluding hydrogens is 320 g/mol. The Morgan fingerprint density at radius 3 is 3.08 bits per heavy atom. The number of fused-ring (bicyclic) bond motifs is 1. The van der Waals surface area contributed by atoms with E-state index in [4.69, 9.17) is 4.74 Å². The van der Waals surface area contributed by atoms with Crippen molar-refractivity contribution in [3.8, 4) is 11.3 Å². The first kappa shape index (κ1) is 15.5. The normalized spacial score (nSPS) is 16.9. The number of pyridine rings is 2. The van der Waals surface area contributed by atoms with E-state index < -0.39 is 0 Å². The number of hydrogen-bond acceptors (Lipinski definition) is 5. The highest BCUT2D eigenvalue weighted by Crippen LogP contribution is 2.26. The summed E-state index contributed by atoms with van der Waals surface area (Å²) in [6.07, 6.45) is 4.29. The number of hydrogen-bond donors (Lipinski definition) is 3. The Bertz CT molecular complexity index is 916. The fourth-order valence-corrected chi connectivity index (χ4v) is 2.88. The van der Waals surface area contributed by atoms with E-state index in [-0.39, 0.29) is 12.1 Å². The third-order valence-electron chi connectivity index (χ3n) is 4.12. The van der Waals surface area contributed by atoms with Crippen LogP contribution in [0.15, 0.2) is 30.6 Å². The minimum Gasteiger partial charge on any atom is -0.379 e. The number of amides is 2. The van der Waals surface area contributed by atoms with Gasteiger partial charge in [-0.3, -0.25) is 15.4 Å². The second-order valence-electron chi connectivity index (χ2n) is 6.03. The van der Waals surface area contributed by atoms with Crippen LogP contribution in [0.3, 0.4) is 0 Å². The Balaban J connectivity index is 1.54. The summed E-state index contributed by atoms with van der Waals surface area (Å²) >= 11 is 0. The standard InChI is InChI=1S/C17H18N6O2/c1-10-6-11(2-4-18-10)16-13-8-19-15(7-14(13)22-23-16)21-17(24)20-12-3-5-25-9-12/h2,4,6-8,12H,3,5,9H2,1H3,(H,22,23)(H2,19,20,21,24)/t12-/m1/s1. The summed E-state index contributed by atoms with van der Waals surface area (Å²) in [5, 5.41) is 13.9. The van der Waals surface area contributed by atoms with Crippen molar-refractivity contribution in [2.24, 2.45) is 0 Å². The van der Waals surface area contributed by atoms with Crippen molar-refractivity contribution in [1.29, 1.82) is 0 Å². The van der Waals surface area contributed by atoms with Gasteiger partial charge in [0.05, 0.1) is 18.2 Å². The van der Waals surface area contributed by atoms with Crippen molar-refractivity contribution >= 4 is 22.8 Å². The molecule has 4 heterocycles. The Hall–Kier alpha value is -3.00. The maximum absolute atomic E-state index is 12.0. The molecule has 4 rings (SSSR count). The van der Waals surface area contributed by atoms with E-state index in [1.807, 2.05) is 19.1 Å². The van der Waals surface area contributed by atoms with Crippen LogP contribution < -0.4 is 10.6 Å². The molecule has 1 atom stereocenters. The number of aromatic nitrogens is 4. The molecule has 8 nitrogen and oxygen atoms in total. The van der Waals surface area contributed by atoms with Crippen molar-refractivity contribution in [2.75, 3.05) is 18.5 Å². The summed E-state index contributed by atoms with van der Waals surface area (Å²) in [5.74, 6) is 0.463. The Morgan fingerprint density at radius 1 is 1.36 bits per heavy atom. The van der Waals surface area contributed by atoms with Gasteiger partial charge in [0.2, 0.25) is 0 Å². The minimum absolute atomic E-state index is 0.0532. The summed E-state index contributed by atoms with van der Waals surface area (Å²) in [6, 6.07) is 5.42. The Morgan fingerprint density at radius 2 is 2.28 bits per heavy atom. The van der Waals surface area contributed by atoms with Crippen molar-refractivity contribution in [3.63, 3.8) is 0 Å². The summed E-state index contributed by atoms with van der Waals surface area (Å²) in [7, 11) is 0. The number of H-pyrrole nitrogens is 1. The lowest BCUT2D eigenvalue weighted by atomic mass is 10.1. The number of aromatic amines is 1. The summed E-state index contributed by atoms with van der Waals surface area (Å²) < 4.78 is 5.24. The first-order valence-electron chi connectivity index (χ1n) is 8.11. The van der Waals surface area contributed by atoms with Crippen molar-refractivity contribution < 1.29 is 9.53 Å². The Labute approximate surface area is 144 Å². The first-order valence-corrected chi connectivity index (χ1v) is 8.11. The molecule has 25 heavy (non-hydrogen) atoms. The van der Waals surface area contributed by atoms with Crippen molar-refractivity contribution in [1.82, 2.24) is 25.5 Å². The molecule has 1 saturated heterocycles. The van der Waals surface area contributed by atoms with Crippen LogP contribution in [0.5, 0.6) is 0 Å². The van der Waals surface area contributed by atoms with Crippen LogP contribution in [0.4, 0.5) is 10.6 Å². The number of nitrogens with one attached hydrogen (secondary N) is 3. The summed E-state index contributed by atoms with van der Waals surface area (Å²) in [6.45, 7) is 3.17. The fraction of sp³-hybridized carbons (Fsp3) is 0.294. The molecule has 2 amide bonds. The maximum atomic E-state index is 12.0. The average molecular weight is 338 g/mol. The zero-order valence-electron chi connectivity index (χ0n) is 13.7. The third-order valence-corrected chi connectivity index (χ3v) is 4.12. The zero-order chi connectivity index (χ0) is 17.2. The van der Waals surface area contributed by atoms with Crippen LogP contribution in [0.2, 0.25) is 0 Å². The number of urea groups is 1. The molecule has 3 N–H and O–H groups in total. The molecule has 128 valence electrons. The maximum Gasteiger partial charge on any atom is 0.320 e. The molecule has 0 aromatic carbocycles. The van der Waals surface area contributed by atoms with Crippen LogP contribution in [0, 0.1) is 6.92 Å². The molecule has 8 heteroatoms. The van der Waals surface area contributed by atoms with Gasteiger partial charge in [-0.25, -0.2) is 9.78 Å². The van der Waals surface area contributed by atoms with E-state index in [1.165, 1.54) is 0 Å². The fourth-order valence-electron chi connectivity index (χ4n) is 2.88. The number of nitrogens with zero attached hydrogens (tertiary/aromatic N) is 3. The highest BCUT2D eigenvalue weighted by Gasteiger charge is 2.18. The molecule has 0 unspecified atom stereocenters. The van der Waals surface area contributed by atoms with E-state index in [0.717, 1.165) is 34.3 Å². The first-order chi connectivity index (χ1) is 12.2. The van der Waals surface area contributed by atoms with Gasteiger partial charge in [-0.1, -0.05) is 0 Å². The largest absolute Gasteiger partial charge is 0.379 e.